The number of rotatable bonds is 10. The number of carbonyl (C=O) groups is 3. The first-order valence-corrected chi connectivity index (χ1v) is 20.3. The molecule has 6 rings (SSSR count). The lowest BCUT2D eigenvalue weighted by Gasteiger charge is -2.24. The van der Waals surface area contributed by atoms with Crippen LogP contribution >= 0.6 is 11.3 Å². The molecule has 12 nitrogen and oxygen atoms in total. The molecule has 1 aromatic carbocycles. The number of methoxy groups -OCH3 is 1. The van der Waals surface area contributed by atoms with Gasteiger partial charge in [-0.05, 0) is 56.6 Å². The number of nitrogens with one attached hydrogen (secondary N) is 3. The summed E-state index contributed by atoms with van der Waals surface area (Å²) < 4.78 is 40.3. The molecule has 274 valence electrons. The van der Waals surface area contributed by atoms with Gasteiger partial charge in [-0.1, -0.05) is 45.3 Å². The number of carbonyl (C=O) groups excluding carboxylic acids is 3. The van der Waals surface area contributed by atoms with E-state index in [9.17, 15) is 22.8 Å². The van der Waals surface area contributed by atoms with Gasteiger partial charge in [0.15, 0.2) is 0 Å². The van der Waals surface area contributed by atoms with Gasteiger partial charge < -0.3 is 20.1 Å². The molecule has 0 spiro atoms. The predicted octanol–water partition coefficient (Wildman–Crippen LogP) is 5.53. The van der Waals surface area contributed by atoms with Crippen molar-refractivity contribution >= 4 is 50.0 Å². The lowest BCUT2D eigenvalue weighted by atomic mass is 10.1. The number of hydrogen-bond donors (Lipinski definition) is 3. The fourth-order valence-electron chi connectivity index (χ4n) is 6.80. The van der Waals surface area contributed by atoms with Gasteiger partial charge in [0.2, 0.25) is 21.8 Å². The third kappa shape index (κ3) is 8.54. The van der Waals surface area contributed by atoms with E-state index in [2.05, 4.69) is 29.2 Å². The molecule has 2 fully saturated rings. The molecule has 3 aromatic rings. The van der Waals surface area contributed by atoms with Gasteiger partial charge in [-0.25, -0.2) is 18.4 Å². The van der Waals surface area contributed by atoms with Gasteiger partial charge in [0, 0.05) is 41.7 Å². The van der Waals surface area contributed by atoms with E-state index in [0.29, 0.717) is 42.0 Å². The third-order valence-electron chi connectivity index (χ3n) is 10.0. The zero-order valence-corrected chi connectivity index (χ0v) is 31.0. The van der Waals surface area contributed by atoms with Crippen molar-refractivity contribution in [1.82, 2.24) is 25.3 Å². The maximum absolute atomic E-state index is 14.0. The Morgan fingerprint density at radius 2 is 1.90 bits per heavy atom. The monoisotopic (exact) mass is 737 g/mol. The Bertz CT molecular complexity index is 1900. The third-order valence-corrected chi connectivity index (χ3v) is 12.7. The second-order valence-corrected chi connectivity index (χ2v) is 16.9. The number of sulfonamides is 1. The highest BCUT2D eigenvalue weighted by Gasteiger charge is 2.61. The zero-order valence-electron chi connectivity index (χ0n) is 29.4. The largest absolute Gasteiger partial charge is 0.497 e. The van der Waals surface area contributed by atoms with Crippen LogP contribution in [0.3, 0.4) is 0 Å². The Hall–Kier alpha value is -4.04. The van der Waals surface area contributed by atoms with Crippen LogP contribution < -0.4 is 24.8 Å². The average molecular weight is 738 g/mol. The molecule has 3 amide bonds. The standard InChI is InChI=1S/C37H47N5O7S2/c1-23(2)31-22-50-35(40-31)30-20-32(27-16-15-25(48-3)19-29(27)38-30)49-18-17-28-34(44)41-37(36(45)42-51(46,47)26-12-9-10-13-26)21-24(37)11-7-5-4-6-8-14-33(43)39-28/h7,11,15-16,19-20,22-24,26,28H,4-6,8-10,12-14,17-18,21H2,1-3H3,(H,39,43)(H,41,44)(H,42,45)/b11-7-/t24-,28+,37-/m1/s1. The molecule has 1 aliphatic heterocycles. The first-order chi connectivity index (χ1) is 24.5. The van der Waals surface area contributed by atoms with Crippen molar-refractivity contribution < 1.29 is 32.3 Å². The highest BCUT2D eigenvalue weighted by atomic mass is 32.2. The van der Waals surface area contributed by atoms with Crippen LogP contribution in [0.4, 0.5) is 0 Å². The Morgan fingerprint density at radius 3 is 2.65 bits per heavy atom. The highest BCUT2D eigenvalue weighted by Crippen LogP contribution is 2.45. The first kappa shape index (κ1) is 36.7. The fraction of sp³-hybridized carbons (Fsp3) is 0.541. The lowest BCUT2D eigenvalue weighted by molar-refractivity contribution is -0.132. The molecule has 2 aliphatic carbocycles. The van der Waals surface area contributed by atoms with Crippen LogP contribution in [0.25, 0.3) is 21.6 Å². The number of allylic oxidation sites excluding steroid dienone is 1. The molecule has 3 heterocycles. The number of ether oxygens (including phenoxy) is 2. The Morgan fingerprint density at radius 1 is 1.10 bits per heavy atom. The summed E-state index contributed by atoms with van der Waals surface area (Å²) in [6, 6.07) is 6.31. The summed E-state index contributed by atoms with van der Waals surface area (Å²) in [6.45, 7) is 4.22. The summed E-state index contributed by atoms with van der Waals surface area (Å²) in [5, 5.41) is 8.62. The normalized spacial score (nSPS) is 23.9. The first-order valence-electron chi connectivity index (χ1n) is 17.9. The van der Waals surface area contributed by atoms with Gasteiger partial charge >= 0.3 is 0 Å². The van der Waals surface area contributed by atoms with E-state index in [0.717, 1.165) is 48.2 Å². The molecule has 0 radical (unpaired) electrons. The van der Waals surface area contributed by atoms with Crippen molar-refractivity contribution in [3.8, 4) is 22.2 Å². The second kappa shape index (κ2) is 15.7. The average Bonchev–Trinajstić information content (AvgIpc) is 3.47. The van der Waals surface area contributed by atoms with Crippen LogP contribution in [-0.4, -0.2) is 66.7 Å². The van der Waals surface area contributed by atoms with Gasteiger partial charge in [0.05, 0.1) is 30.2 Å². The Balaban J connectivity index is 1.23. The number of benzene rings is 1. The van der Waals surface area contributed by atoms with E-state index in [1.807, 2.05) is 41.8 Å². The van der Waals surface area contributed by atoms with E-state index in [4.69, 9.17) is 19.4 Å². The van der Waals surface area contributed by atoms with Crippen molar-refractivity contribution in [2.24, 2.45) is 5.92 Å². The van der Waals surface area contributed by atoms with Gasteiger partial charge in [-0.15, -0.1) is 11.3 Å². The number of aromatic nitrogens is 2. The van der Waals surface area contributed by atoms with Gasteiger partial charge in [-0.3, -0.25) is 19.1 Å². The molecule has 0 unspecified atom stereocenters. The van der Waals surface area contributed by atoms with Gasteiger partial charge in [-0.2, -0.15) is 0 Å². The Kier molecular flexibility index (Phi) is 11.3. The maximum Gasteiger partial charge on any atom is 0.259 e. The number of pyridine rings is 1. The molecule has 0 saturated heterocycles. The van der Waals surface area contributed by atoms with Crippen LogP contribution in [0.5, 0.6) is 11.5 Å². The van der Waals surface area contributed by atoms with Crippen LogP contribution in [0.2, 0.25) is 0 Å². The lowest BCUT2D eigenvalue weighted by Crippen LogP contribution is -2.57. The molecule has 3 aliphatic rings. The van der Waals surface area contributed by atoms with Crippen molar-refractivity contribution in [2.75, 3.05) is 13.7 Å². The summed E-state index contributed by atoms with van der Waals surface area (Å²) in [4.78, 5) is 50.3. The molecule has 2 saturated carbocycles. The summed E-state index contributed by atoms with van der Waals surface area (Å²) in [7, 11) is -2.31. The van der Waals surface area contributed by atoms with Crippen molar-refractivity contribution in [2.45, 2.75) is 107 Å². The van der Waals surface area contributed by atoms with Crippen LogP contribution in [0.15, 0.2) is 41.8 Å². The van der Waals surface area contributed by atoms with Gasteiger partial charge in [0.1, 0.15) is 33.8 Å². The molecule has 3 atom stereocenters. The van der Waals surface area contributed by atoms with Crippen molar-refractivity contribution in [3.05, 3.63) is 47.5 Å². The van der Waals surface area contributed by atoms with Crippen LogP contribution in [0, 0.1) is 5.92 Å². The molecular weight excluding hydrogens is 691 g/mol. The summed E-state index contributed by atoms with van der Waals surface area (Å²) in [5.74, 6) is -0.505. The van der Waals surface area contributed by atoms with Gasteiger partial charge in [0.25, 0.3) is 5.91 Å². The van der Waals surface area contributed by atoms with E-state index in [1.54, 1.807) is 7.11 Å². The number of fused-ring (bicyclic) bond motifs is 2. The minimum atomic E-state index is -3.90. The molecular formula is C37H47N5O7S2. The highest BCUT2D eigenvalue weighted by molar-refractivity contribution is 7.90. The number of thiazole rings is 1. The topological polar surface area (TPSA) is 166 Å². The number of amides is 3. The van der Waals surface area contributed by atoms with E-state index in [-0.39, 0.29) is 43.6 Å². The molecule has 3 N–H and O–H groups in total. The fourth-order valence-corrected chi connectivity index (χ4v) is 9.30. The smallest absolute Gasteiger partial charge is 0.259 e. The van der Waals surface area contributed by atoms with E-state index >= 15 is 0 Å². The number of nitrogens with zero attached hydrogens (tertiary/aromatic N) is 2. The van der Waals surface area contributed by atoms with Crippen molar-refractivity contribution in [3.63, 3.8) is 0 Å². The minimum Gasteiger partial charge on any atom is -0.497 e. The van der Waals surface area contributed by atoms with Crippen LogP contribution in [0.1, 0.15) is 96.1 Å². The zero-order chi connectivity index (χ0) is 36.2. The Labute approximate surface area is 303 Å². The summed E-state index contributed by atoms with van der Waals surface area (Å²) >= 11 is 1.50. The SMILES string of the molecule is COc1ccc2c(OCC[C@@H]3NC(=O)CCCCC/C=C\[C@@H]4C[C@@]4(C(=O)NS(=O)(=O)C4CCCC4)NC3=O)cc(-c3nc(C(C)C)cs3)nc2c1. The second-order valence-electron chi connectivity index (χ2n) is 14.1. The van der Waals surface area contributed by atoms with E-state index in [1.165, 1.54) is 11.3 Å². The summed E-state index contributed by atoms with van der Waals surface area (Å²) in [5.41, 5.74) is 0.836. The molecule has 2 aromatic heterocycles. The maximum atomic E-state index is 14.0. The summed E-state index contributed by atoms with van der Waals surface area (Å²) in [6.07, 6.45) is 10.3. The predicted molar refractivity (Wildman–Crippen MR) is 196 cm³/mol. The van der Waals surface area contributed by atoms with Crippen LogP contribution in [-0.2, 0) is 24.4 Å². The van der Waals surface area contributed by atoms with E-state index < -0.39 is 38.7 Å². The molecule has 14 heteroatoms. The number of hydrogen-bond acceptors (Lipinski definition) is 10. The van der Waals surface area contributed by atoms with Crippen molar-refractivity contribution in [1.29, 1.82) is 0 Å². The quantitative estimate of drug-likeness (QED) is 0.227. The molecule has 0 bridgehead atoms. The molecule has 51 heavy (non-hydrogen) atoms. The minimum absolute atomic E-state index is 0.0522.